The monoisotopic (exact) mass is 488 g/mol. The van der Waals surface area contributed by atoms with E-state index in [1.807, 2.05) is 0 Å². The minimum absolute atomic E-state index is 0.0875. The zero-order valence-electron chi connectivity index (χ0n) is 16.3. The van der Waals surface area contributed by atoms with Crippen molar-refractivity contribution in [1.29, 1.82) is 0 Å². The van der Waals surface area contributed by atoms with Gasteiger partial charge in [0.15, 0.2) is 6.61 Å². The molecule has 3 N–H and O–H groups in total. The molecule has 0 aromatic rings. The molecule has 7 nitrogen and oxygen atoms in total. The number of ether oxygens (including phenoxy) is 1. The van der Waals surface area contributed by atoms with Crippen LogP contribution in [-0.4, -0.2) is 69.8 Å². The van der Waals surface area contributed by atoms with E-state index >= 15 is 0 Å². The maximum absolute atomic E-state index is 13.5. The Balaban J connectivity index is 1.49. The number of halogens is 2. The number of carbonyl (C=O) groups excluding carboxylic acids is 1. The van der Waals surface area contributed by atoms with Crippen LogP contribution in [0.15, 0.2) is 0 Å². The highest BCUT2D eigenvalue weighted by molar-refractivity contribution is 8.18. The fourth-order valence-electron chi connectivity index (χ4n) is 5.87. The molecule has 2 unspecified atom stereocenters. The van der Waals surface area contributed by atoms with Crippen LogP contribution in [0.2, 0.25) is 0 Å². The third kappa shape index (κ3) is 3.49. The Morgan fingerprint density at radius 3 is 2.07 bits per heavy atom. The molecule has 5 aliphatic rings. The van der Waals surface area contributed by atoms with Gasteiger partial charge >= 0.3 is 21.3 Å². The standard InChI is InChI=1S/C18H26F2O7S3/c19-17(20,30(24,25)26)8-27-14(23)16-3-11-1-12(4-16)18(13(2-11)5-16)28-9-15(6-21,7-22)10-29-18/h11-13,21-22H,1-10H2,(H,24,25,26). The summed E-state index contributed by atoms with van der Waals surface area (Å²) in [6.07, 6.45) is 3.44. The van der Waals surface area contributed by atoms with Crippen LogP contribution in [0.5, 0.6) is 0 Å². The number of hydrogen-bond acceptors (Lipinski definition) is 8. The number of hydrogen-bond donors (Lipinski definition) is 3. The van der Waals surface area contributed by atoms with Gasteiger partial charge in [0.25, 0.3) is 0 Å². The van der Waals surface area contributed by atoms with E-state index in [2.05, 4.69) is 0 Å². The number of thioether (sulfide) groups is 2. The van der Waals surface area contributed by atoms with E-state index in [0.29, 0.717) is 36.7 Å². The van der Waals surface area contributed by atoms with Crippen molar-refractivity contribution < 1.29 is 41.5 Å². The lowest BCUT2D eigenvalue weighted by Crippen LogP contribution is -2.62. The van der Waals surface area contributed by atoms with Gasteiger partial charge in [0.2, 0.25) is 0 Å². The van der Waals surface area contributed by atoms with Crippen molar-refractivity contribution in [2.45, 2.75) is 41.4 Å². The third-order valence-corrected chi connectivity index (χ3v) is 12.7. The first kappa shape index (κ1) is 23.0. The summed E-state index contributed by atoms with van der Waals surface area (Å²) < 4.78 is 61.9. The zero-order chi connectivity index (χ0) is 22.0. The van der Waals surface area contributed by atoms with Gasteiger partial charge in [0, 0.05) is 16.9 Å². The fraction of sp³-hybridized carbons (Fsp3) is 0.944. The quantitative estimate of drug-likeness (QED) is 0.381. The van der Waals surface area contributed by atoms with Crippen molar-refractivity contribution in [2.24, 2.45) is 28.6 Å². The smallest absolute Gasteiger partial charge is 0.402 e. The highest BCUT2D eigenvalue weighted by Gasteiger charge is 2.67. The van der Waals surface area contributed by atoms with Crippen LogP contribution in [0, 0.1) is 28.6 Å². The van der Waals surface area contributed by atoms with E-state index in [0.717, 1.165) is 12.8 Å². The van der Waals surface area contributed by atoms with Gasteiger partial charge in [0.05, 0.1) is 22.7 Å². The fourth-order valence-corrected chi connectivity index (χ4v) is 10.2. The van der Waals surface area contributed by atoms with Crippen molar-refractivity contribution in [3.8, 4) is 0 Å². The molecule has 0 aromatic carbocycles. The van der Waals surface area contributed by atoms with Gasteiger partial charge in [-0.2, -0.15) is 17.2 Å². The Hall–Kier alpha value is -0.140. The molecule has 2 atom stereocenters. The highest BCUT2D eigenvalue weighted by atomic mass is 32.2. The van der Waals surface area contributed by atoms with Gasteiger partial charge in [-0.05, 0) is 49.9 Å². The van der Waals surface area contributed by atoms with E-state index in [4.69, 9.17) is 9.29 Å². The Morgan fingerprint density at radius 1 is 1.07 bits per heavy atom. The van der Waals surface area contributed by atoms with Gasteiger partial charge in [-0.25, -0.2) is 0 Å². The van der Waals surface area contributed by atoms with Crippen LogP contribution in [0.1, 0.15) is 32.1 Å². The predicted octanol–water partition coefficient (Wildman–Crippen LogP) is 1.98. The molecule has 1 saturated heterocycles. The summed E-state index contributed by atoms with van der Waals surface area (Å²) in [5, 5.41) is 14.9. The molecule has 1 heterocycles. The molecule has 5 rings (SSSR count). The number of alkyl halides is 2. The van der Waals surface area contributed by atoms with Gasteiger partial charge in [-0.3, -0.25) is 9.35 Å². The largest absolute Gasteiger partial charge is 0.458 e. The summed E-state index contributed by atoms with van der Waals surface area (Å²) in [4.78, 5) is 12.8. The molecule has 4 saturated carbocycles. The minimum atomic E-state index is -5.65. The van der Waals surface area contributed by atoms with E-state index in [1.165, 1.54) is 0 Å². The van der Waals surface area contributed by atoms with Crippen LogP contribution in [-0.2, 0) is 19.6 Å². The van der Waals surface area contributed by atoms with Crippen molar-refractivity contribution in [3.05, 3.63) is 0 Å². The normalized spacial score (nSPS) is 36.8. The van der Waals surface area contributed by atoms with E-state index < -0.39 is 38.8 Å². The van der Waals surface area contributed by atoms with Gasteiger partial charge < -0.3 is 14.9 Å². The van der Waals surface area contributed by atoms with Crippen LogP contribution in [0.3, 0.4) is 0 Å². The molecular weight excluding hydrogens is 462 g/mol. The number of esters is 1. The Bertz CT molecular complexity index is 787. The third-order valence-electron chi connectivity index (χ3n) is 7.39. The first-order chi connectivity index (χ1) is 13.9. The molecule has 1 aliphatic heterocycles. The molecule has 1 spiro atoms. The van der Waals surface area contributed by atoms with Crippen LogP contribution in [0.4, 0.5) is 8.78 Å². The van der Waals surface area contributed by atoms with Crippen molar-refractivity contribution in [2.75, 3.05) is 31.3 Å². The molecule has 5 fully saturated rings. The lowest BCUT2D eigenvalue weighted by molar-refractivity contribution is -0.177. The number of aliphatic hydroxyl groups is 2. The van der Waals surface area contributed by atoms with Crippen LogP contribution in [0.25, 0.3) is 0 Å². The average molecular weight is 489 g/mol. The van der Waals surface area contributed by atoms with E-state index in [9.17, 15) is 32.2 Å². The maximum Gasteiger partial charge on any atom is 0.402 e. The molecule has 0 aromatic heterocycles. The Morgan fingerprint density at radius 2 is 1.60 bits per heavy atom. The maximum atomic E-state index is 13.5. The summed E-state index contributed by atoms with van der Waals surface area (Å²) in [6.45, 7) is -1.86. The molecule has 172 valence electrons. The summed E-state index contributed by atoms with van der Waals surface area (Å²) in [5.74, 6) is 1.12. The van der Waals surface area contributed by atoms with Crippen molar-refractivity contribution in [1.82, 2.24) is 0 Å². The first-order valence-electron chi connectivity index (χ1n) is 9.93. The molecule has 30 heavy (non-hydrogen) atoms. The van der Waals surface area contributed by atoms with Crippen LogP contribution >= 0.6 is 23.5 Å². The second kappa shape index (κ2) is 7.44. The van der Waals surface area contributed by atoms with Crippen molar-refractivity contribution in [3.63, 3.8) is 0 Å². The zero-order valence-corrected chi connectivity index (χ0v) is 18.7. The summed E-state index contributed by atoms with van der Waals surface area (Å²) >= 11 is 3.49. The highest BCUT2D eigenvalue weighted by Crippen LogP contribution is 2.72. The summed E-state index contributed by atoms with van der Waals surface area (Å²) in [6, 6.07) is 0. The molecule has 0 amide bonds. The van der Waals surface area contributed by atoms with Gasteiger partial charge in [-0.1, -0.05) is 0 Å². The predicted molar refractivity (Wildman–Crippen MR) is 108 cm³/mol. The minimum Gasteiger partial charge on any atom is -0.458 e. The number of carbonyl (C=O) groups is 1. The molecule has 12 heteroatoms. The molecular formula is C18H26F2O7S3. The Kier molecular flexibility index (Phi) is 5.71. The summed E-state index contributed by atoms with van der Waals surface area (Å²) in [5.41, 5.74) is -1.41. The SMILES string of the molecule is O=C(OCC(F)(F)S(=O)(=O)O)C12CC3CC(C1)C1(SCC(CO)(CO)CS1)C(C3)C2. The lowest BCUT2D eigenvalue weighted by Gasteiger charge is -2.65. The summed E-state index contributed by atoms with van der Waals surface area (Å²) in [7, 11) is -5.65. The van der Waals surface area contributed by atoms with Gasteiger partial charge in [0.1, 0.15) is 0 Å². The number of aliphatic hydroxyl groups excluding tert-OH is 2. The molecule has 4 aliphatic carbocycles. The average Bonchev–Trinajstić information content (AvgIpc) is 2.69. The van der Waals surface area contributed by atoms with Crippen molar-refractivity contribution >= 4 is 39.6 Å². The van der Waals surface area contributed by atoms with E-state index in [-0.39, 0.29) is 29.1 Å². The van der Waals surface area contributed by atoms with E-state index in [1.54, 1.807) is 23.5 Å². The van der Waals surface area contributed by atoms with Gasteiger partial charge in [-0.15, -0.1) is 23.5 Å². The molecule has 4 bridgehead atoms. The lowest BCUT2D eigenvalue weighted by atomic mass is 9.49. The second-order valence-corrected chi connectivity index (χ2v) is 13.7. The topological polar surface area (TPSA) is 121 Å². The Labute approximate surface area is 182 Å². The van der Waals surface area contributed by atoms with Crippen LogP contribution < -0.4 is 0 Å². The number of rotatable bonds is 6. The molecule has 0 radical (unpaired) electrons. The second-order valence-electron chi connectivity index (χ2n) is 9.43. The first-order valence-corrected chi connectivity index (χ1v) is 13.3.